The van der Waals surface area contributed by atoms with Gasteiger partial charge in [0.05, 0.1) is 24.0 Å². The molecule has 5 aromatic rings. The lowest BCUT2D eigenvalue weighted by Crippen LogP contribution is -2.14. The van der Waals surface area contributed by atoms with Crippen molar-refractivity contribution in [3.8, 4) is 11.1 Å². The van der Waals surface area contributed by atoms with Gasteiger partial charge in [0, 0.05) is 41.0 Å². The molecule has 0 saturated heterocycles. The van der Waals surface area contributed by atoms with Crippen LogP contribution in [0.3, 0.4) is 0 Å². The fraction of sp³-hybridized carbons (Fsp3) is 0.0870. The Morgan fingerprint density at radius 3 is 2.76 bits per heavy atom. The first-order valence-corrected chi connectivity index (χ1v) is 9.85. The summed E-state index contributed by atoms with van der Waals surface area (Å²) in [4.78, 5) is 18.7. The third-order valence-electron chi connectivity index (χ3n) is 5.34. The summed E-state index contributed by atoms with van der Waals surface area (Å²) in [6, 6.07) is 12.3. The minimum atomic E-state index is -1.13. The van der Waals surface area contributed by atoms with Crippen LogP contribution in [0.15, 0.2) is 67.3 Å². The molecule has 5 rings (SSSR count). The predicted molar refractivity (Wildman–Crippen MR) is 127 cm³/mol. The molecule has 0 aliphatic carbocycles. The zero-order chi connectivity index (χ0) is 22.2. The van der Waals surface area contributed by atoms with Crippen LogP contribution in [0.2, 0.25) is 0 Å². The minimum Gasteiger partial charge on any atom is -0.478 e. The number of aromatic amines is 1. The van der Waals surface area contributed by atoms with Crippen molar-refractivity contribution in [2.24, 2.45) is 0 Å². The van der Waals surface area contributed by atoms with E-state index >= 15 is 0 Å². The van der Waals surface area contributed by atoms with E-state index in [9.17, 15) is 19.4 Å². The van der Waals surface area contributed by atoms with Crippen LogP contribution in [-0.2, 0) is 0 Å². The maximum Gasteiger partial charge on any atom is 0.339 e. The first-order valence-electron chi connectivity index (χ1n) is 9.85. The number of nitrogens with zero attached hydrogens (tertiary/aromatic N) is 3. The number of para-hydroxylation sites is 1. The summed E-state index contributed by atoms with van der Waals surface area (Å²) in [5.74, 6) is -1.17. The summed E-state index contributed by atoms with van der Waals surface area (Å²) in [6.45, 7) is 0.143. The van der Waals surface area contributed by atoms with Gasteiger partial charge in [-0.2, -0.15) is 18.6 Å². The number of nitrogens with one attached hydrogen (secondary N) is 2. The molecule has 0 amide bonds. The maximum atomic E-state index is 13.7. The zero-order valence-corrected chi connectivity index (χ0v) is 18.2. The highest BCUT2D eigenvalue weighted by molar-refractivity contribution is 7.59. The summed E-state index contributed by atoms with van der Waals surface area (Å²) in [5.41, 5.74) is 3.06. The van der Waals surface area contributed by atoms with Gasteiger partial charge < -0.3 is 20.5 Å². The summed E-state index contributed by atoms with van der Waals surface area (Å²) < 4.78 is 15.2. The molecule has 0 saturated carbocycles. The van der Waals surface area contributed by atoms with Gasteiger partial charge in [-0.1, -0.05) is 18.2 Å². The molecule has 8 nitrogen and oxygen atoms in total. The number of aromatic nitrogens is 4. The Labute approximate surface area is 194 Å². The van der Waals surface area contributed by atoms with E-state index < -0.39 is 17.9 Å². The number of benzene rings is 1. The number of hydrogen-bond acceptors (Lipinski definition) is 5. The predicted octanol–water partition coefficient (Wildman–Crippen LogP) is 3.97. The number of hydrogen-bond donors (Lipinski definition) is 4. The standard InChI is InChI=1S/C23H18FN5O3.H2S/c24-15-5-14(8-25-9-15)13-6-20-18(23(31)32)11-28-29(20)22(7-13)27-12-21(30)17-10-26-19-4-2-1-3-16(17)19;/h1-11,21,26-27,30H,12H2,(H,31,32);1H2/t21-;/m0./s1. The van der Waals surface area contributed by atoms with Crippen LogP contribution in [0.4, 0.5) is 10.2 Å². The molecule has 1 atom stereocenters. The topological polar surface area (TPSA) is 116 Å². The molecule has 33 heavy (non-hydrogen) atoms. The molecule has 4 heterocycles. The molecule has 4 aromatic heterocycles. The van der Waals surface area contributed by atoms with Gasteiger partial charge >= 0.3 is 5.97 Å². The first kappa shape index (κ1) is 22.3. The van der Waals surface area contributed by atoms with Crippen molar-refractivity contribution in [3.05, 3.63) is 84.2 Å². The van der Waals surface area contributed by atoms with E-state index in [-0.39, 0.29) is 25.6 Å². The van der Waals surface area contributed by atoms with Crippen molar-refractivity contribution in [1.29, 1.82) is 0 Å². The number of fused-ring (bicyclic) bond motifs is 2. The number of carboxylic acids is 1. The van der Waals surface area contributed by atoms with Gasteiger partial charge in [-0.15, -0.1) is 0 Å². The molecule has 1 aromatic carbocycles. The van der Waals surface area contributed by atoms with Crippen LogP contribution >= 0.6 is 13.5 Å². The van der Waals surface area contributed by atoms with Gasteiger partial charge in [0.15, 0.2) is 0 Å². The van der Waals surface area contributed by atoms with Gasteiger partial charge in [-0.25, -0.2) is 13.7 Å². The van der Waals surface area contributed by atoms with E-state index in [1.165, 1.54) is 23.0 Å². The van der Waals surface area contributed by atoms with Gasteiger partial charge in [0.25, 0.3) is 0 Å². The number of carbonyl (C=O) groups is 1. The van der Waals surface area contributed by atoms with Crippen molar-refractivity contribution >= 4 is 41.7 Å². The third kappa shape index (κ3) is 4.13. The maximum absolute atomic E-state index is 13.7. The molecule has 168 valence electrons. The second-order valence-electron chi connectivity index (χ2n) is 7.37. The Morgan fingerprint density at radius 1 is 1.15 bits per heavy atom. The summed E-state index contributed by atoms with van der Waals surface area (Å²) in [7, 11) is 0. The number of carboxylic acid groups (broad SMARTS) is 1. The molecule has 10 heteroatoms. The molecule has 0 spiro atoms. The number of aliphatic hydroxyl groups excluding tert-OH is 1. The summed E-state index contributed by atoms with van der Waals surface area (Å²) in [6.07, 6.45) is 4.77. The van der Waals surface area contributed by atoms with Gasteiger partial charge in [-0.05, 0) is 29.8 Å². The lowest BCUT2D eigenvalue weighted by atomic mass is 10.1. The van der Waals surface area contributed by atoms with Crippen LogP contribution in [0.5, 0.6) is 0 Å². The molecular weight excluding hydrogens is 445 g/mol. The van der Waals surface area contributed by atoms with Crippen molar-refractivity contribution in [1.82, 2.24) is 19.6 Å². The summed E-state index contributed by atoms with van der Waals surface area (Å²) >= 11 is 0. The van der Waals surface area contributed by atoms with Crippen LogP contribution in [-0.4, -0.2) is 42.3 Å². The molecule has 0 bridgehead atoms. The summed E-state index contributed by atoms with van der Waals surface area (Å²) in [5, 5.41) is 28.6. The highest BCUT2D eigenvalue weighted by Gasteiger charge is 2.18. The van der Waals surface area contributed by atoms with E-state index in [1.54, 1.807) is 18.3 Å². The number of rotatable bonds is 6. The number of anilines is 1. The van der Waals surface area contributed by atoms with E-state index in [4.69, 9.17) is 0 Å². The van der Waals surface area contributed by atoms with Crippen LogP contribution in [0.1, 0.15) is 22.0 Å². The fourth-order valence-electron chi connectivity index (χ4n) is 3.79. The zero-order valence-electron chi connectivity index (χ0n) is 17.2. The molecule has 0 unspecified atom stereocenters. The lowest BCUT2D eigenvalue weighted by molar-refractivity contribution is 0.0699. The largest absolute Gasteiger partial charge is 0.478 e. The Morgan fingerprint density at radius 2 is 1.97 bits per heavy atom. The smallest absolute Gasteiger partial charge is 0.339 e. The quantitative estimate of drug-likeness (QED) is 0.302. The Kier molecular flexibility index (Phi) is 6.03. The average Bonchev–Trinajstić information content (AvgIpc) is 3.41. The Balaban J connectivity index is 0.00000259. The minimum absolute atomic E-state index is 0. The van der Waals surface area contributed by atoms with Gasteiger partial charge in [0.2, 0.25) is 0 Å². The first-order chi connectivity index (χ1) is 15.5. The molecule has 0 fully saturated rings. The number of pyridine rings is 2. The number of aliphatic hydroxyl groups is 1. The fourth-order valence-corrected chi connectivity index (χ4v) is 3.79. The monoisotopic (exact) mass is 465 g/mol. The normalized spacial score (nSPS) is 11.9. The molecule has 0 aliphatic heterocycles. The second-order valence-corrected chi connectivity index (χ2v) is 7.37. The van der Waals surface area contributed by atoms with Crippen LogP contribution in [0.25, 0.3) is 27.5 Å². The number of aromatic carboxylic acids is 1. The SMILES string of the molecule is O=C(O)c1cnn2c(NC[C@H](O)c3c[nH]c4ccccc34)cc(-c3cncc(F)c3)cc12.S. The molecule has 0 radical (unpaired) electrons. The van der Waals surface area contributed by atoms with E-state index in [0.717, 1.165) is 22.7 Å². The van der Waals surface area contributed by atoms with E-state index in [0.29, 0.717) is 22.5 Å². The number of H-pyrrole nitrogens is 1. The van der Waals surface area contributed by atoms with E-state index in [2.05, 4.69) is 20.4 Å². The Hall–Kier alpha value is -3.89. The highest BCUT2D eigenvalue weighted by atomic mass is 32.1. The van der Waals surface area contributed by atoms with Crippen LogP contribution in [0, 0.1) is 5.82 Å². The third-order valence-corrected chi connectivity index (χ3v) is 5.34. The Bertz CT molecular complexity index is 1470. The lowest BCUT2D eigenvalue weighted by Gasteiger charge is -2.15. The van der Waals surface area contributed by atoms with Crippen molar-refractivity contribution < 1.29 is 19.4 Å². The van der Waals surface area contributed by atoms with Crippen molar-refractivity contribution in [2.45, 2.75) is 6.10 Å². The molecular formula is C23H20FN5O3S. The average molecular weight is 466 g/mol. The van der Waals surface area contributed by atoms with E-state index in [1.807, 2.05) is 24.3 Å². The second kappa shape index (κ2) is 8.93. The highest BCUT2D eigenvalue weighted by Crippen LogP contribution is 2.28. The van der Waals surface area contributed by atoms with Gasteiger partial charge in [-0.3, -0.25) is 4.98 Å². The molecule has 0 aliphatic rings. The van der Waals surface area contributed by atoms with Gasteiger partial charge in [0.1, 0.15) is 17.2 Å². The van der Waals surface area contributed by atoms with Crippen LogP contribution < -0.4 is 5.32 Å². The van der Waals surface area contributed by atoms with Crippen molar-refractivity contribution in [2.75, 3.05) is 11.9 Å². The molecule has 4 N–H and O–H groups in total. The number of halogens is 1. The van der Waals surface area contributed by atoms with Crippen molar-refractivity contribution in [3.63, 3.8) is 0 Å².